The first-order valence-corrected chi connectivity index (χ1v) is 7.22. The normalized spacial score (nSPS) is 10.2. The number of carboxylic acids is 1. The molecule has 0 spiro atoms. The molecule has 2 aromatic rings. The van der Waals surface area contributed by atoms with E-state index < -0.39 is 11.9 Å². The van der Waals surface area contributed by atoms with Gasteiger partial charge in [-0.1, -0.05) is 39.1 Å². The van der Waals surface area contributed by atoms with E-state index in [1.165, 1.54) is 24.3 Å². The molecule has 0 unspecified atom stereocenters. The summed E-state index contributed by atoms with van der Waals surface area (Å²) in [5, 5.41) is 12.3. The largest absolute Gasteiger partial charge is 0.478 e. The van der Waals surface area contributed by atoms with Crippen LogP contribution in [0, 0.1) is 0 Å². The second kappa shape index (κ2) is 6.47. The smallest absolute Gasteiger partial charge is 0.337 e. The summed E-state index contributed by atoms with van der Waals surface area (Å²) in [6.45, 7) is 0. The van der Waals surface area contributed by atoms with Crippen molar-refractivity contribution in [3.05, 3.63) is 62.0 Å². The SMILES string of the molecule is O=C(Nc1cc(Cl)ccc1C(=O)O)c1cc(Cl)cc(Br)c1. The Labute approximate surface area is 138 Å². The lowest BCUT2D eigenvalue weighted by Gasteiger charge is -2.09. The van der Waals surface area contributed by atoms with Crippen LogP contribution in [0.4, 0.5) is 5.69 Å². The average molecular weight is 389 g/mol. The van der Waals surface area contributed by atoms with Gasteiger partial charge < -0.3 is 10.4 Å². The minimum atomic E-state index is -1.16. The summed E-state index contributed by atoms with van der Waals surface area (Å²) in [5.74, 6) is -1.64. The second-order valence-corrected chi connectivity index (χ2v) is 5.90. The van der Waals surface area contributed by atoms with E-state index in [1.54, 1.807) is 12.1 Å². The quantitative estimate of drug-likeness (QED) is 0.800. The first kappa shape index (κ1) is 15.8. The van der Waals surface area contributed by atoms with Gasteiger partial charge in [-0.25, -0.2) is 4.79 Å². The fraction of sp³-hybridized carbons (Fsp3) is 0. The number of anilines is 1. The molecule has 0 saturated heterocycles. The summed E-state index contributed by atoms with van der Waals surface area (Å²) in [7, 11) is 0. The predicted octanol–water partition coefficient (Wildman–Crippen LogP) is 4.71. The highest BCUT2D eigenvalue weighted by atomic mass is 79.9. The van der Waals surface area contributed by atoms with E-state index in [4.69, 9.17) is 28.3 Å². The van der Waals surface area contributed by atoms with Crippen molar-refractivity contribution in [3.63, 3.8) is 0 Å². The van der Waals surface area contributed by atoms with E-state index in [1.807, 2.05) is 0 Å². The molecule has 0 heterocycles. The summed E-state index contributed by atoms with van der Waals surface area (Å²) < 4.78 is 0.643. The van der Waals surface area contributed by atoms with Crippen LogP contribution in [0.5, 0.6) is 0 Å². The maximum absolute atomic E-state index is 12.2. The van der Waals surface area contributed by atoms with Crippen molar-refractivity contribution >= 4 is 56.7 Å². The van der Waals surface area contributed by atoms with Crippen molar-refractivity contribution in [3.8, 4) is 0 Å². The maximum atomic E-state index is 12.2. The van der Waals surface area contributed by atoms with Crippen LogP contribution < -0.4 is 5.32 Å². The highest BCUT2D eigenvalue weighted by molar-refractivity contribution is 9.10. The third kappa shape index (κ3) is 3.97. The van der Waals surface area contributed by atoms with Crippen molar-refractivity contribution in [2.45, 2.75) is 0 Å². The lowest BCUT2D eigenvalue weighted by molar-refractivity contribution is 0.0698. The molecule has 0 saturated carbocycles. The second-order valence-electron chi connectivity index (χ2n) is 4.11. The van der Waals surface area contributed by atoms with Gasteiger partial charge in [0.15, 0.2) is 0 Å². The Balaban J connectivity index is 2.35. The summed E-state index contributed by atoms with van der Waals surface area (Å²) in [6.07, 6.45) is 0. The third-order valence-electron chi connectivity index (χ3n) is 2.58. The van der Waals surface area contributed by atoms with Gasteiger partial charge in [-0.3, -0.25) is 4.79 Å². The maximum Gasteiger partial charge on any atom is 0.337 e. The summed E-state index contributed by atoms with van der Waals surface area (Å²) in [5.41, 5.74) is 0.371. The van der Waals surface area contributed by atoms with Crippen molar-refractivity contribution in [1.29, 1.82) is 0 Å². The van der Waals surface area contributed by atoms with E-state index in [0.717, 1.165) is 0 Å². The molecular weight excluding hydrogens is 381 g/mol. The Bertz CT molecular complexity index is 714. The molecule has 0 aliphatic heterocycles. The number of aromatic carboxylic acids is 1. The van der Waals surface area contributed by atoms with E-state index >= 15 is 0 Å². The molecule has 2 rings (SSSR count). The Kier molecular flexibility index (Phi) is 4.88. The highest BCUT2D eigenvalue weighted by Crippen LogP contribution is 2.24. The zero-order valence-electron chi connectivity index (χ0n) is 10.4. The van der Waals surface area contributed by atoms with Crippen LogP contribution in [0.2, 0.25) is 10.0 Å². The topological polar surface area (TPSA) is 66.4 Å². The predicted molar refractivity (Wildman–Crippen MR) is 85.5 cm³/mol. The molecule has 2 aromatic carbocycles. The lowest BCUT2D eigenvalue weighted by atomic mass is 10.1. The number of nitrogens with one attached hydrogen (secondary N) is 1. The number of benzene rings is 2. The zero-order valence-corrected chi connectivity index (χ0v) is 13.5. The molecule has 4 nitrogen and oxygen atoms in total. The van der Waals surface area contributed by atoms with E-state index in [2.05, 4.69) is 21.2 Å². The molecule has 0 bridgehead atoms. The Morgan fingerprint density at radius 2 is 1.76 bits per heavy atom. The van der Waals surface area contributed by atoms with Crippen molar-refractivity contribution < 1.29 is 14.7 Å². The molecular formula is C14H8BrCl2NO3. The number of rotatable bonds is 3. The molecule has 0 aliphatic carbocycles. The lowest BCUT2D eigenvalue weighted by Crippen LogP contribution is -2.15. The van der Waals surface area contributed by atoms with Gasteiger partial charge in [0.1, 0.15) is 0 Å². The minimum absolute atomic E-state index is 0.0474. The van der Waals surface area contributed by atoms with Gasteiger partial charge in [0.05, 0.1) is 11.3 Å². The molecule has 0 radical (unpaired) electrons. The molecule has 0 atom stereocenters. The summed E-state index contributed by atoms with van der Waals surface area (Å²) >= 11 is 14.9. The van der Waals surface area contributed by atoms with Crippen LogP contribution in [-0.2, 0) is 0 Å². The van der Waals surface area contributed by atoms with Gasteiger partial charge in [0, 0.05) is 20.1 Å². The fourth-order valence-electron chi connectivity index (χ4n) is 1.69. The van der Waals surface area contributed by atoms with Gasteiger partial charge in [0.2, 0.25) is 0 Å². The molecule has 7 heteroatoms. The monoisotopic (exact) mass is 387 g/mol. The molecule has 1 amide bonds. The van der Waals surface area contributed by atoms with Gasteiger partial charge in [-0.05, 0) is 36.4 Å². The van der Waals surface area contributed by atoms with Gasteiger partial charge in [-0.15, -0.1) is 0 Å². The number of carbonyl (C=O) groups excluding carboxylic acids is 1. The van der Waals surface area contributed by atoms with Gasteiger partial charge in [0.25, 0.3) is 5.91 Å². The molecule has 0 fully saturated rings. The molecule has 0 aliphatic rings. The summed E-state index contributed by atoms with van der Waals surface area (Å²) in [6, 6.07) is 8.84. The molecule has 21 heavy (non-hydrogen) atoms. The van der Waals surface area contributed by atoms with Gasteiger partial charge >= 0.3 is 5.97 Å². The van der Waals surface area contributed by atoms with Crippen molar-refractivity contribution in [2.75, 3.05) is 5.32 Å². The Hall–Kier alpha value is -1.56. The Morgan fingerprint density at radius 1 is 1.05 bits per heavy atom. The molecule has 2 N–H and O–H groups in total. The average Bonchev–Trinajstić information content (AvgIpc) is 2.37. The third-order valence-corrected chi connectivity index (χ3v) is 3.50. The molecule has 108 valence electrons. The van der Waals surface area contributed by atoms with Crippen molar-refractivity contribution in [1.82, 2.24) is 0 Å². The minimum Gasteiger partial charge on any atom is -0.478 e. The first-order chi connectivity index (χ1) is 9.86. The standard InChI is InChI=1S/C14H8BrCl2NO3/c15-8-3-7(4-10(17)5-8)13(19)18-12-6-9(16)1-2-11(12)14(20)21/h1-6H,(H,18,19)(H,20,21). The van der Waals surface area contributed by atoms with Gasteiger partial charge in [-0.2, -0.15) is 0 Å². The van der Waals surface area contributed by atoms with Crippen LogP contribution in [0.15, 0.2) is 40.9 Å². The van der Waals surface area contributed by atoms with Crippen LogP contribution in [0.3, 0.4) is 0 Å². The highest BCUT2D eigenvalue weighted by Gasteiger charge is 2.14. The molecule has 0 aromatic heterocycles. The zero-order chi connectivity index (χ0) is 15.6. The number of carboxylic acid groups (broad SMARTS) is 1. The summed E-state index contributed by atoms with van der Waals surface area (Å²) in [4.78, 5) is 23.3. The van der Waals surface area contributed by atoms with Crippen molar-refractivity contribution in [2.24, 2.45) is 0 Å². The number of carbonyl (C=O) groups is 2. The van der Waals surface area contributed by atoms with E-state index in [-0.39, 0.29) is 11.3 Å². The van der Waals surface area contributed by atoms with Crippen LogP contribution >= 0.6 is 39.1 Å². The van der Waals surface area contributed by atoms with E-state index in [0.29, 0.717) is 20.1 Å². The Morgan fingerprint density at radius 3 is 2.38 bits per heavy atom. The first-order valence-electron chi connectivity index (χ1n) is 5.67. The van der Waals surface area contributed by atoms with Crippen LogP contribution in [0.1, 0.15) is 20.7 Å². The van der Waals surface area contributed by atoms with E-state index in [9.17, 15) is 9.59 Å². The number of hydrogen-bond acceptors (Lipinski definition) is 2. The number of amides is 1. The van der Waals surface area contributed by atoms with Crippen LogP contribution in [-0.4, -0.2) is 17.0 Å². The number of halogens is 3. The number of hydrogen-bond donors (Lipinski definition) is 2. The fourth-order valence-corrected chi connectivity index (χ4v) is 2.72. The van der Waals surface area contributed by atoms with Crippen LogP contribution in [0.25, 0.3) is 0 Å².